The second-order valence-electron chi connectivity index (χ2n) is 11.8. The number of anilines is 3. The molecular formula is C29H36F2N12O. The zero-order valence-corrected chi connectivity index (χ0v) is 24.8. The van der Waals surface area contributed by atoms with Crippen LogP contribution in [-0.2, 0) is 23.3 Å². The van der Waals surface area contributed by atoms with Gasteiger partial charge in [-0.15, -0.1) is 5.10 Å². The van der Waals surface area contributed by atoms with Gasteiger partial charge in [-0.3, -0.25) is 14.2 Å². The highest BCUT2D eigenvalue weighted by Gasteiger charge is 2.46. The number of hydrogen-bond acceptors (Lipinski definition) is 9. The van der Waals surface area contributed by atoms with Gasteiger partial charge in [-0.1, -0.05) is 6.92 Å². The van der Waals surface area contributed by atoms with Crippen molar-refractivity contribution in [3.63, 3.8) is 0 Å². The van der Waals surface area contributed by atoms with E-state index < -0.39 is 5.92 Å². The molecule has 2 saturated heterocycles. The van der Waals surface area contributed by atoms with E-state index in [1.807, 2.05) is 35.4 Å². The molecule has 232 valence electrons. The highest BCUT2D eigenvalue weighted by molar-refractivity contribution is 5.76. The minimum atomic E-state index is -2.75. The zero-order valence-electron chi connectivity index (χ0n) is 24.8. The first-order valence-corrected chi connectivity index (χ1v) is 14.8. The SMILES string of the molecule is CCc1cnn(C2(CC#N)CN(c3cccn4nc(Nc5cnn(CC(=O)N6CCC(NCC(C)(F)F)CC6)c5)nc34)C2)c1. The van der Waals surface area contributed by atoms with Gasteiger partial charge in [-0.25, -0.2) is 13.3 Å². The van der Waals surface area contributed by atoms with Gasteiger partial charge in [0, 0.05) is 57.7 Å². The maximum absolute atomic E-state index is 13.1. The molecule has 2 fully saturated rings. The average molecular weight is 607 g/mol. The Morgan fingerprint density at radius 3 is 2.70 bits per heavy atom. The van der Waals surface area contributed by atoms with Crippen LogP contribution in [0.2, 0.25) is 0 Å². The van der Waals surface area contributed by atoms with E-state index in [0.717, 1.165) is 24.6 Å². The van der Waals surface area contributed by atoms with Crippen molar-refractivity contribution in [2.24, 2.45) is 0 Å². The fourth-order valence-electron chi connectivity index (χ4n) is 5.85. The minimum absolute atomic E-state index is 0.0181. The van der Waals surface area contributed by atoms with Crippen LogP contribution >= 0.6 is 0 Å². The first-order chi connectivity index (χ1) is 21.1. The van der Waals surface area contributed by atoms with Crippen molar-refractivity contribution in [2.75, 3.05) is 42.9 Å². The standard InChI is InChI=1S/C29H36F2N12O/c1-3-21-13-35-43(15-21)29(8-9-32)19-40(20-29)24-5-4-10-42-26(24)37-27(38-42)36-23-14-34-41(16-23)17-25(44)39-11-6-22(7-12-39)33-18-28(2,30)31/h4-5,10,13-16,22,33H,3,6-8,11-12,17-20H2,1-2H3,(H,36,38). The van der Waals surface area contributed by atoms with E-state index in [1.54, 1.807) is 26.5 Å². The molecule has 0 saturated carbocycles. The van der Waals surface area contributed by atoms with Gasteiger partial charge < -0.3 is 20.4 Å². The quantitative estimate of drug-likeness (QED) is 0.264. The fraction of sp³-hybridized carbons (Fsp3) is 0.517. The van der Waals surface area contributed by atoms with Crippen molar-refractivity contribution in [3.05, 3.63) is 48.7 Å². The van der Waals surface area contributed by atoms with Gasteiger partial charge in [0.05, 0.1) is 42.8 Å². The normalized spacial score (nSPS) is 17.1. The number of hydrogen-bond donors (Lipinski definition) is 2. The number of halogens is 2. The van der Waals surface area contributed by atoms with Gasteiger partial charge >= 0.3 is 0 Å². The summed E-state index contributed by atoms with van der Waals surface area (Å²) in [5.74, 6) is -2.43. The van der Waals surface area contributed by atoms with Gasteiger partial charge in [-0.2, -0.15) is 20.4 Å². The molecule has 2 N–H and O–H groups in total. The molecule has 0 spiro atoms. The highest BCUT2D eigenvalue weighted by Crippen LogP contribution is 2.37. The molecule has 0 bridgehead atoms. The lowest BCUT2D eigenvalue weighted by Gasteiger charge is -2.50. The molecule has 4 aromatic rings. The third-order valence-corrected chi connectivity index (χ3v) is 8.33. The molecular weight excluding hydrogens is 570 g/mol. The zero-order chi connectivity index (χ0) is 30.9. The number of aromatic nitrogens is 7. The Morgan fingerprint density at radius 2 is 2.00 bits per heavy atom. The Morgan fingerprint density at radius 1 is 1.20 bits per heavy atom. The molecule has 4 aromatic heterocycles. The van der Waals surface area contributed by atoms with Crippen LogP contribution in [0.3, 0.4) is 0 Å². The number of aryl methyl sites for hydroxylation is 1. The Labute approximate surface area is 253 Å². The van der Waals surface area contributed by atoms with E-state index in [9.17, 15) is 18.8 Å². The number of carbonyl (C=O) groups is 1. The molecule has 1 amide bonds. The molecule has 44 heavy (non-hydrogen) atoms. The minimum Gasteiger partial charge on any atom is -0.363 e. The molecule has 0 aromatic carbocycles. The van der Waals surface area contributed by atoms with Crippen molar-refractivity contribution in [1.82, 2.24) is 44.4 Å². The summed E-state index contributed by atoms with van der Waals surface area (Å²) in [6.07, 6.45) is 11.6. The maximum Gasteiger partial charge on any atom is 0.257 e. The second-order valence-corrected chi connectivity index (χ2v) is 11.8. The molecule has 2 aliphatic rings. The van der Waals surface area contributed by atoms with E-state index in [1.165, 1.54) is 0 Å². The van der Waals surface area contributed by atoms with E-state index in [2.05, 4.69) is 43.8 Å². The summed E-state index contributed by atoms with van der Waals surface area (Å²) in [5.41, 5.74) is 2.98. The monoisotopic (exact) mass is 606 g/mol. The molecule has 13 nitrogen and oxygen atoms in total. The Hall–Kier alpha value is -4.58. The number of nitriles is 1. The Kier molecular flexibility index (Phi) is 7.93. The van der Waals surface area contributed by atoms with Gasteiger partial charge in [0.1, 0.15) is 12.1 Å². The summed E-state index contributed by atoms with van der Waals surface area (Å²) in [5, 5.41) is 29.0. The first-order valence-electron chi connectivity index (χ1n) is 14.8. The summed E-state index contributed by atoms with van der Waals surface area (Å²) >= 11 is 0. The maximum atomic E-state index is 13.1. The molecule has 0 aliphatic carbocycles. The lowest BCUT2D eigenvalue weighted by Crippen LogP contribution is -2.63. The van der Waals surface area contributed by atoms with Crippen LogP contribution in [0, 0.1) is 11.3 Å². The lowest BCUT2D eigenvalue weighted by molar-refractivity contribution is -0.133. The second kappa shape index (κ2) is 11.8. The van der Waals surface area contributed by atoms with Crippen molar-refractivity contribution < 1.29 is 13.6 Å². The average Bonchev–Trinajstić information content (AvgIpc) is 3.73. The number of pyridine rings is 1. The fourth-order valence-corrected chi connectivity index (χ4v) is 5.85. The number of piperidine rings is 1. The molecule has 15 heteroatoms. The van der Waals surface area contributed by atoms with E-state index >= 15 is 0 Å². The van der Waals surface area contributed by atoms with Crippen LogP contribution in [-0.4, -0.2) is 89.7 Å². The topological polar surface area (TPSA) is 137 Å². The Bertz CT molecular complexity index is 1650. The summed E-state index contributed by atoms with van der Waals surface area (Å²) in [4.78, 5) is 21.5. The number of nitrogens with one attached hydrogen (secondary N) is 2. The summed E-state index contributed by atoms with van der Waals surface area (Å²) < 4.78 is 31.5. The molecule has 0 unspecified atom stereocenters. The van der Waals surface area contributed by atoms with Crippen LogP contribution < -0.4 is 15.5 Å². The number of amides is 1. The van der Waals surface area contributed by atoms with Gasteiger partial charge in [-0.05, 0) is 37.0 Å². The smallest absolute Gasteiger partial charge is 0.257 e. The van der Waals surface area contributed by atoms with Crippen LogP contribution in [0.15, 0.2) is 43.1 Å². The van der Waals surface area contributed by atoms with Crippen LogP contribution in [0.4, 0.5) is 26.1 Å². The number of nitrogens with zero attached hydrogens (tertiary/aromatic N) is 10. The van der Waals surface area contributed by atoms with E-state index in [4.69, 9.17) is 4.98 Å². The van der Waals surface area contributed by atoms with Gasteiger partial charge in [0.25, 0.3) is 5.92 Å². The predicted molar refractivity (Wildman–Crippen MR) is 159 cm³/mol. The lowest BCUT2D eigenvalue weighted by atomic mass is 9.86. The van der Waals surface area contributed by atoms with E-state index in [-0.39, 0.29) is 30.6 Å². The largest absolute Gasteiger partial charge is 0.363 e. The summed E-state index contributed by atoms with van der Waals surface area (Å²) in [6.45, 7) is 4.99. The molecule has 2 aliphatic heterocycles. The number of fused-ring (bicyclic) bond motifs is 1. The van der Waals surface area contributed by atoms with Crippen LogP contribution in [0.5, 0.6) is 0 Å². The molecule has 6 rings (SSSR count). The summed E-state index contributed by atoms with van der Waals surface area (Å²) in [6, 6.07) is 6.22. The van der Waals surface area contributed by atoms with E-state index in [0.29, 0.717) is 62.7 Å². The molecule has 6 heterocycles. The van der Waals surface area contributed by atoms with Crippen molar-refractivity contribution >= 4 is 28.9 Å². The molecule has 0 radical (unpaired) electrons. The first kappa shape index (κ1) is 29.5. The number of likely N-dealkylation sites (tertiary alicyclic amines) is 1. The van der Waals surface area contributed by atoms with Crippen molar-refractivity contribution in [2.45, 2.75) is 63.6 Å². The number of carbonyl (C=O) groups excluding carboxylic acids is 1. The third kappa shape index (κ3) is 6.21. The van der Waals surface area contributed by atoms with Gasteiger partial charge in [0.15, 0.2) is 5.65 Å². The molecule has 0 atom stereocenters. The van der Waals surface area contributed by atoms with Gasteiger partial charge in [0.2, 0.25) is 11.9 Å². The Balaban J connectivity index is 1.06. The summed E-state index contributed by atoms with van der Waals surface area (Å²) in [7, 11) is 0. The third-order valence-electron chi connectivity index (χ3n) is 8.33. The van der Waals surface area contributed by atoms with Crippen LogP contribution in [0.1, 0.15) is 38.7 Å². The van der Waals surface area contributed by atoms with Crippen molar-refractivity contribution in [3.8, 4) is 6.07 Å². The van der Waals surface area contributed by atoms with Crippen LogP contribution in [0.25, 0.3) is 5.65 Å². The number of alkyl halides is 2. The predicted octanol–water partition coefficient (Wildman–Crippen LogP) is 2.79. The number of rotatable bonds is 11. The van der Waals surface area contributed by atoms with Crippen molar-refractivity contribution in [1.29, 1.82) is 5.26 Å². The highest BCUT2D eigenvalue weighted by atomic mass is 19.3.